The largest absolute Gasteiger partial charge is 0.476 e. The van der Waals surface area contributed by atoms with Crippen molar-refractivity contribution in [1.29, 1.82) is 0 Å². The molecule has 0 aromatic rings. The topological polar surface area (TPSA) is 54.4 Å². The molecular weight excluding hydrogens is 163 g/mol. The summed E-state index contributed by atoms with van der Waals surface area (Å²) in [6, 6.07) is 0. The van der Waals surface area contributed by atoms with E-state index in [0.29, 0.717) is 0 Å². The van der Waals surface area contributed by atoms with E-state index in [1.165, 1.54) is 0 Å². The van der Waals surface area contributed by atoms with E-state index in [-0.39, 0.29) is 32.5 Å². The molecule has 32 valence electrons. The van der Waals surface area contributed by atoms with Crippen LogP contribution in [0.3, 0.4) is 0 Å². The van der Waals surface area contributed by atoms with Crippen LogP contribution in [0.25, 0.3) is 0 Å². The number of carboxylic acid groups (broad SMARTS) is 1. The zero-order chi connectivity index (χ0) is 4.28. The Morgan fingerprint density at radius 3 is 1.83 bits per heavy atom. The summed E-state index contributed by atoms with van der Waals surface area (Å²) in [6.45, 7) is 0. The first-order valence-corrected chi connectivity index (χ1v) is 0.952. The van der Waals surface area contributed by atoms with Crippen molar-refractivity contribution in [1.82, 2.24) is 0 Å². The van der Waals surface area contributed by atoms with Crippen molar-refractivity contribution in [2.24, 2.45) is 0 Å². The fourth-order valence-corrected chi connectivity index (χ4v) is 0. The van der Waals surface area contributed by atoms with E-state index in [9.17, 15) is 0 Å². The van der Waals surface area contributed by atoms with Gasteiger partial charge in [0.2, 0.25) is 6.29 Å². The number of carbonyl (C=O) groups is 2. The Kier molecular flexibility index (Phi) is 7.86. The first-order chi connectivity index (χ1) is 2.27. The summed E-state index contributed by atoms with van der Waals surface area (Å²) >= 11 is 0. The smallest absolute Gasteiger partial charge is 0.368 e. The number of rotatable bonds is 1. The molecule has 0 aliphatic carbocycles. The third kappa shape index (κ3) is 8.98. The van der Waals surface area contributed by atoms with Gasteiger partial charge >= 0.3 is 5.97 Å². The van der Waals surface area contributed by atoms with E-state index < -0.39 is 5.97 Å². The summed E-state index contributed by atoms with van der Waals surface area (Å²) in [4.78, 5) is 17.9. The Labute approximate surface area is 53.5 Å². The molecule has 0 amide bonds. The molecule has 0 saturated carbocycles. The zero-order valence-electron chi connectivity index (χ0n) is 2.84. The SMILES string of the molecule is O=CC(=O)O.[Zr]. The van der Waals surface area contributed by atoms with Crippen LogP contribution in [0.2, 0.25) is 0 Å². The molecule has 0 rings (SSSR count). The Morgan fingerprint density at radius 2 is 1.83 bits per heavy atom. The molecule has 0 bridgehead atoms. The van der Waals surface area contributed by atoms with Gasteiger partial charge in [-0.15, -0.1) is 0 Å². The molecule has 0 atom stereocenters. The quantitative estimate of drug-likeness (QED) is 0.411. The molecule has 0 unspecified atom stereocenters. The Balaban J connectivity index is 0. The second kappa shape index (κ2) is 5.02. The minimum Gasteiger partial charge on any atom is -0.476 e. The number of carboxylic acids is 1. The maximum absolute atomic E-state index is 9.00. The van der Waals surface area contributed by atoms with Crippen molar-refractivity contribution in [2.45, 2.75) is 0 Å². The van der Waals surface area contributed by atoms with Crippen molar-refractivity contribution in [3.05, 3.63) is 0 Å². The van der Waals surface area contributed by atoms with E-state index in [1.54, 1.807) is 0 Å². The van der Waals surface area contributed by atoms with Crippen molar-refractivity contribution in [2.75, 3.05) is 0 Å². The van der Waals surface area contributed by atoms with Gasteiger partial charge in [-0.3, -0.25) is 4.79 Å². The number of aldehydes is 1. The minimum atomic E-state index is -1.43. The van der Waals surface area contributed by atoms with Gasteiger partial charge in [-0.25, -0.2) is 4.79 Å². The van der Waals surface area contributed by atoms with Gasteiger partial charge in [-0.05, 0) is 0 Å². The summed E-state index contributed by atoms with van der Waals surface area (Å²) in [5.74, 6) is -1.43. The summed E-state index contributed by atoms with van der Waals surface area (Å²) in [5.41, 5.74) is 0. The molecule has 1 N–H and O–H groups in total. The van der Waals surface area contributed by atoms with E-state index >= 15 is 0 Å². The van der Waals surface area contributed by atoms with Gasteiger partial charge in [0.1, 0.15) is 0 Å². The summed E-state index contributed by atoms with van der Waals surface area (Å²) in [7, 11) is 0. The van der Waals surface area contributed by atoms with Crippen LogP contribution < -0.4 is 0 Å². The van der Waals surface area contributed by atoms with Crippen LogP contribution in [0.1, 0.15) is 0 Å². The molecule has 0 aromatic heterocycles. The molecule has 0 aliphatic rings. The molecule has 0 heterocycles. The van der Waals surface area contributed by atoms with Crippen LogP contribution in [0.15, 0.2) is 0 Å². The molecule has 0 aliphatic heterocycles. The molecular formula is C2H2O3Zr. The van der Waals surface area contributed by atoms with Crippen LogP contribution >= 0.6 is 0 Å². The Morgan fingerprint density at radius 1 is 1.67 bits per heavy atom. The van der Waals surface area contributed by atoms with Gasteiger partial charge in [0.05, 0.1) is 0 Å². The monoisotopic (exact) mass is 164 g/mol. The Hall–Kier alpha value is 0.0231. The van der Waals surface area contributed by atoms with Gasteiger partial charge in [-0.1, -0.05) is 0 Å². The fourth-order valence-electron chi connectivity index (χ4n) is 0. The van der Waals surface area contributed by atoms with Crippen molar-refractivity contribution >= 4 is 12.3 Å². The van der Waals surface area contributed by atoms with Crippen LogP contribution in [-0.2, 0) is 35.8 Å². The minimum absolute atomic E-state index is 0. The van der Waals surface area contributed by atoms with E-state index in [2.05, 4.69) is 0 Å². The maximum Gasteiger partial charge on any atom is 0.368 e. The third-order valence-corrected chi connectivity index (χ3v) is 0.101. The summed E-state index contributed by atoms with van der Waals surface area (Å²) < 4.78 is 0. The average molecular weight is 165 g/mol. The van der Waals surface area contributed by atoms with E-state index in [1.807, 2.05) is 0 Å². The predicted molar refractivity (Wildman–Crippen MR) is 13.7 cm³/mol. The molecule has 0 saturated heterocycles. The number of hydrogen-bond donors (Lipinski definition) is 1. The number of hydrogen-bond acceptors (Lipinski definition) is 2. The van der Waals surface area contributed by atoms with Crippen LogP contribution in [0.5, 0.6) is 0 Å². The maximum atomic E-state index is 9.00. The third-order valence-electron chi connectivity index (χ3n) is 0.101. The van der Waals surface area contributed by atoms with Gasteiger partial charge in [0.15, 0.2) is 0 Å². The first kappa shape index (κ1) is 9.39. The molecule has 0 aromatic carbocycles. The summed E-state index contributed by atoms with van der Waals surface area (Å²) in [5, 5.41) is 7.35. The van der Waals surface area contributed by atoms with Crippen LogP contribution in [0.4, 0.5) is 0 Å². The van der Waals surface area contributed by atoms with Crippen LogP contribution in [-0.4, -0.2) is 17.4 Å². The van der Waals surface area contributed by atoms with E-state index in [0.717, 1.165) is 0 Å². The number of carbonyl (C=O) groups excluding carboxylic acids is 1. The predicted octanol–water partition coefficient (Wildman–Crippen LogP) is -0.733. The van der Waals surface area contributed by atoms with E-state index in [4.69, 9.17) is 14.7 Å². The second-order valence-electron chi connectivity index (χ2n) is 0.456. The molecule has 6 heavy (non-hydrogen) atoms. The van der Waals surface area contributed by atoms with Crippen molar-refractivity contribution in [3.8, 4) is 0 Å². The molecule has 4 heteroatoms. The number of aliphatic carboxylic acids is 1. The van der Waals surface area contributed by atoms with Gasteiger partial charge < -0.3 is 5.11 Å². The van der Waals surface area contributed by atoms with Crippen LogP contribution in [0, 0.1) is 0 Å². The van der Waals surface area contributed by atoms with Crippen molar-refractivity contribution < 1.29 is 40.9 Å². The second-order valence-corrected chi connectivity index (χ2v) is 0.456. The zero-order valence-corrected chi connectivity index (χ0v) is 5.30. The van der Waals surface area contributed by atoms with Gasteiger partial charge in [0.25, 0.3) is 0 Å². The normalized spacial score (nSPS) is 5.33. The summed E-state index contributed by atoms with van der Waals surface area (Å²) in [6.07, 6.45) is -0.167. The molecule has 0 spiro atoms. The Bertz CT molecular complexity index is 59.8. The molecule has 3 nitrogen and oxygen atoms in total. The standard InChI is InChI=1S/C2H2O3.Zr/c3-1-2(4)5;/h1H,(H,4,5);. The average Bonchev–Trinajstić information content (AvgIpc) is 1.38. The molecule has 0 radical (unpaired) electrons. The van der Waals surface area contributed by atoms with Gasteiger partial charge in [-0.2, -0.15) is 0 Å². The first-order valence-electron chi connectivity index (χ1n) is 0.952. The molecule has 0 fully saturated rings. The van der Waals surface area contributed by atoms with Crippen molar-refractivity contribution in [3.63, 3.8) is 0 Å². The van der Waals surface area contributed by atoms with Gasteiger partial charge in [0, 0.05) is 26.2 Å². The fraction of sp³-hybridized carbons (Fsp3) is 0.